The van der Waals surface area contributed by atoms with E-state index in [4.69, 9.17) is 0 Å². The number of aryl methyl sites for hydroxylation is 3. The van der Waals surface area contributed by atoms with Gasteiger partial charge >= 0.3 is 0 Å². The van der Waals surface area contributed by atoms with Gasteiger partial charge in [-0.15, -0.1) is 0 Å². The quantitative estimate of drug-likeness (QED) is 0.867. The Kier molecular flexibility index (Phi) is 4.69. The number of carbonyl (C=O) groups excluding carboxylic acids is 1. The van der Waals surface area contributed by atoms with Gasteiger partial charge in [0, 0.05) is 56.3 Å². The fourth-order valence-electron chi connectivity index (χ4n) is 3.12. The maximum atomic E-state index is 12.5. The van der Waals surface area contributed by atoms with E-state index in [1.807, 2.05) is 35.7 Å². The van der Waals surface area contributed by atoms with Crippen molar-refractivity contribution in [2.45, 2.75) is 45.6 Å². The first kappa shape index (κ1) is 15.6. The van der Waals surface area contributed by atoms with Gasteiger partial charge in [0.05, 0.1) is 11.4 Å². The Labute approximate surface area is 136 Å². The molecule has 0 spiro atoms. The summed E-state index contributed by atoms with van der Waals surface area (Å²) in [5, 5.41) is 4.23. The van der Waals surface area contributed by atoms with Crippen LogP contribution in [0.5, 0.6) is 0 Å². The first-order valence-electron chi connectivity index (χ1n) is 8.18. The van der Waals surface area contributed by atoms with E-state index in [2.05, 4.69) is 15.1 Å². The lowest BCUT2D eigenvalue weighted by Gasteiger charge is -2.32. The summed E-state index contributed by atoms with van der Waals surface area (Å²) in [7, 11) is 0. The molecule has 122 valence electrons. The van der Waals surface area contributed by atoms with Crippen LogP contribution >= 0.6 is 0 Å². The van der Waals surface area contributed by atoms with Gasteiger partial charge in [0.1, 0.15) is 0 Å². The van der Waals surface area contributed by atoms with Crippen molar-refractivity contribution in [1.29, 1.82) is 0 Å². The van der Waals surface area contributed by atoms with Crippen LogP contribution in [0.25, 0.3) is 0 Å². The van der Waals surface area contributed by atoms with Crippen LogP contribution in [0, 0.1) is 13.8 Å². The fraction of sp³-hybridized carbons (Fsp3) is 0.529. The summed E-state index contributed by atoms with van der Waals surface area (Å²) in [6.45, 7) is 6.18. The third kappa shape index (κ3) is 3.75. The summed E-state index contributed by atoms with van der Waals surface area (Å²) < 4.78 is 1.88. The molecule has 0 aromatic carbocycles. The van der Waals surface area contributed by atoms with Crippen molar-refractivity contribution in [3.05, 3.63) is 41.7 Å². The Morgan fingerprint density at radius 1 is 1.35 bits per heavy atom. The van der Waals surface area contributed by atoms with Crippen LogP contribution in [0.2, 0.25) is 0 Å². The van der Waals surface area contributed by atoms with Crippen LogP contribution in [-0.2, 0) is 11.3 Å². The number of nitrogens with zero attached hydrogens (tertiary/aromatic N) is 5. The number of amides is 1. The molecule has 1 amide bonds. The third-order valence-electron chi connectivity index (χ3n) is 4.43. The minimum absolute atomic E-state index is 0.199. The summed E-state index contributed by atoms with van der Waals surface area (Å²) in [4.78, 5) is 23.3. The average molecular weight is 313 g/mol. The van der Waals surface area contributed by atoms with E-state index in [9.17, 15) is 4.79 Å². The zero-order chi connectivity index (χ0) is 16.2. The number of carbonyl (C=O) groups is 1. The number of rotatable bonds is 4. The molecule has 0 N–H and O–H groups in total. The number of likely N-dealkylation sites (tertiary alicyclic amines) is 1. The molecule has 3 rings (SSSR count). The molecule has 1 aliphatic rings. The standard InChI is InChI=1S/C17H23N5O/c1-13-10-18-11-16(20-13)15-4-3-8-21(12-15)17(23)6-9-22-14(2)5-7-19-22/h5,7,10-11,15H,3-4,6,8-9,12H2,1-2H3/t15-/m0/s1. The molecule has 0 aliphatic carbocycles. The van der Waals surface area contributed by atoms with Crippen LogP contribution in [0.3, 0.4) is 0 Å². The minimum atomic E-state index is 0.199. The average Bonchev–Trinajstić information content (AvgIpc) is 2.98. The van der Waals surface area contributed by atoms with Crippen LogP contribution < -0.4 is 0 Å². The van der Waals surface area contributed by atoms with Crippen molar-refractivity contribution in [2.75, 3.05) is 13.1 Å². The van der Waals surface area contributed by atoms with Crippen molar-refractivity contribution >= 4 is 5.91 Å². The predicted octanol–water partition coefficient (Wildman–Crippen LogP) is 2.09. The number of hydrogen-bond acceptors (Lipinski definition) is 4. The van der Waals surface area contributed by atoms with Gasteiger partial charge in [-0.3, -0.25) is 19.4 Å². The molecular weight excluding hydrogens is 290 g/mol. The lowest BCUT2D eigenvalue weighted by atomic mass is 9.94. The van der Waals surface area contributed by atoms with Crippen molar-refractivity contribution in [1.82, 2.24) is 24.6 Å². The van der Waals surface area contributed by atoms with E-state index in [0.717, 1.165) is 43.0 Å². The smallest absolute Gasteiger partial charge is 0.224 e. The van der Waals surface area contributed by atoms with E-state index in [1.165, 1.54) is 0 Å². The van der Waals surface area contributed by atoms with Gasteiger partial charge in [-0.2, -0.15) is 5.10 Å². The molecule has 1 saturated heterocycles. The highest BCUT2D eigenvalue weighted by Crippen LogP contribution is 2.25. The summed E-state index contributed by atoms with van der Waals surface area (Å²) in [5.41, 5.74) is 3.02. The van der Waals surface area contributed by atoms with E-state index in [1.54, 1.807) is 12.4 Å². The molecule has 0 bridgehead atoms. The highest BCUT2D eigenvalue weighted by atomic mass is 16.2. The summed E-state index contributed by atoms with van der Waals surface area (Å²) >= 11 is 0. The van der Waals surface area contributed by atoms with Crippen molar-refractivity contribution < 1.29 is 4.79 Å². The number of piperidine rings is 1. The SMILES string of the molecule is Cc1cncc([C@H]2CCCN(C(=O)CCn3nccc3C)C2)n1. The van der Waals surface area contributed by atoms with Crippen LogP contribution in [0.15, 0.2) is 24.7 Å². The monoisotopic (exact) mass is 313 g/mol. The maximum absolute atomic E-state index is 12.5. The van der Waals surface area contributed by atoms with Crippen LogP contribution in [0.1, 0.15) is 42.3 Å². The molecule has 23 heavy (non-hydrogen) atoms. The summed E-state index contributed by atoms with van der Waals surface area (Å²) in [6.07, 6.45) is 7.95. The largest absolute Gasteiger partial charge is 0.342 e. The van der Waals surface area contributed by atoms with Gasteiger partial charge in [0.15, 0.2) is 0 Å². The molecule has 1 aliphatic heterocycles. The van der Waals surface area contributed by atoms with Crippen molar-refractivity contribution in [3.8, 4) is 0 Å². The molecule has 2 aromatic heterocycles. The Balaban J connectivity index is 1.59. The molecule has 6 heteroatoms. The molecule has 0 unspecified atom stereocenters. The van der Waals surface area contributed by atoms with E-state index >= 15 is 0 Å². The Bertz CT molecular complexity index is 681. The number of hydrogen-bond donors (Lipinski definition) is 0. The van der Waals surface area contributed by atoms with Crippen LogP contribution in [0.4, 0.5) is 0 Å². The predicted molar refractivity (Wildman–Crippen MR) is 86.9 cm³/mol. The van der Waals surface area contributed by atoms with Gasteiger partial charge in [-0.05, 0) is 32.8 Å². The molecule has 6 nitrogen and oxygen atoms in total. The van der Waals surface area contributed by atoms with E-state index in [-0.39, 0.29) is 5.91 Å². The Morgan fingerprint density at radius 2 is 2.22 bits per heavy atom. The first-order valence-corrected chi connectivity index (χ1v) is 8.18. The second-order valence-electron chi connectivity index (χ2n) is 6.21. The van der Waals surface area contributed by atoms with Gasteiger partial charge in [0.2, 0.25) is 5.91 Å². The van der Waals surface area contributed by atoms with Gasteiger partial charge < -0.3 is 4.90 Å². The highest BCUT2D eigenvalue weighted by molar-refractivity contribution is 5.76. The molecule has 0 radical (unpaired) electrons. The second-order valence-corrected chi connectivity index (χ2v) is 6.21. The van der Waals surface area contributed by atoms with E-state index in [0.29, 0.717) is 18.9 Å². The number of aromatic nitrogens is 4. The third-order valence-corrected chi connectivity index (χ3v) is 4.43. The van der Waals surface area contributed by atoms with Gasteiger partial charge in [0.25, 0.3) is 0 Å². The molecule has 2 aromatic rings. The normalized spacial score (nSPS) is 18.2. The topological polar surface area (TPSA) is 63.9 Å². The second kappa shape index (κ2) is 6.89. The lowest BCUT2D eigenvalue weighted by molar-refractivity contribution is -0.132. The highest BCUT2D eigenvalue weighted by Gasteiger charge is 2.25. The van der Waals surface area contributed by atoms with E-state index < -0.39 is 0 Å². The molecule has 0 saturated carbocycles. The lowest BCUT2D eigenvalue weighted by Crippen LogP contribution is -2.39. The summed E-state index contributed by atoms with van der Waals surface area (Å²) in [6, 6.07) is 1.96. The Morgan fingerprint density at radius 3 is 2.96 bits per heavy atom. The maximum Gasteiger partial charge on any atom is 0.224 e. The zero-order valence-electron chi connectivity index (χ0n) is 13.8. The van der Waals surface area contributed by atoms with Crippen LogP contribution in [-0.4, -0.2) is 43.6 Å². The summed E-state index contributed by atoms with van der Waals surface area (Å²) in [5.74, 6) is 0.497. The molecule has 3 heterocycles. The minimum Gasteiger partial charge on any atom is -0.342 e. The molecule has 1 fully saturated rings. The first-order chi connectivity index (χ1) is 11.1. The van der Waals surface area contributed by atoms with Gasteiger partial charge in [-0.25, -0.2) is 0 Å². The van der Waals surface area contributed by atoms with Gasteiger partial charge in [-0.1, -0.05) is 0 Å². The molecular formula is C17H23N5O. The zero-order valence-corrected chi connectivity index (χ0v) is 13.8. The molecule has 1 atom stereocenters. The fourth-order valence-corrected chi connectivity index (χ4v) is 3.12. The van der Waals surface area contributed by atoms with Crippen molar-refractivity contribution in [2.24, 2.45) is 0 Å². The Hall–Kier alpha value is -2.24. The van der Waals surface area contributed by atoms with Crippen molar-refractivity contribution in [3.63, 3.8) is 0 Å².